The minimum absolute atomic E-state index is 0.00204. The zero-order chi connectivity index (χ0) is 21.4. The molecule has 1 aromatic carbocycles. The third-order valence-corrected chi connectivity index (χ3v) is 7.23. The van der Waals surface area contributed by atoms with E-state index in [1.807, 2.05) is 36.7 Å². The number of piperidine rings is 1. The minimum Gasteiger partial charge on any atom is -0.359 e. The molecule has 3 unspecified atom stereocenters. The van der Waals surface area contributed by atoms with Crippen molar-refractivity contribution >= 4 is 21.4 Å². The first kappa shape index (κ1) is 21.1. The Hall–Kier alpha value is -2.10. The summed E-state index contributed by atoms with van der Waals surface area (Å²) in [4.78, 5) is 2.61. The monoisotopic (exact) mass is 432 g/mol. The molecular formula is C21H32N6O2S. The number of piperazine rings is 1. The molecule has 30 heavy (non-hydrogen) atoms. The number of benzene rings is 1. The lowest BCUT2D eigenvalue weighted by Crippen LogP contribution is -2.75. The zero-order valence-electron chi connectivity index (χ0n) is 17.9. The van der Waals surface area contributed by atoms with Crippen LogP contribution in [0.15, 0.2) is 36.7 Å². The Morgan fingerprint density at radius 1 is 1.20 bits per heavy atom. The lowest BCUT2D eigenvalue weighted by Gasteiger charge is -2.60. The molecule has 8 nitrogen and oxygen atoms in total. The van der Waals surface area contributed by atoms with E-state index in [1.54, 1.807) is 0 Å². The highest BCUT2D eigenvalue weighted by molar-refractivity contribution is 7.92. The number of sulfonamides is 1. The fourth-order valence-corrected chi connectivity index (χ4v) is 5.77. The summed E-state index contributed by atoms with van der Waals surface area (Å²) in [5, 5.41) is 14.4. The van der Waals surface area contributed by atoms with Crippen molar-refractivity contribution in [1.29, 1.82) is 0 Å². The molecule has 0 aliphatic carbocycles. The van der Waals surface area contributed by atoms with E-state index in [2.05, 4.69) is 44.3 Å². The third kappa shape index (κ3) is 4.19. The summed E-state index contributed by atoms with van der Waals surface area (Å²) >= 11 is 0. The maximum absolute atomic E-state index is 11.6. The predicted octanol–water partition coefficient (Wildman–Crippen LogP) is 1.70. The largest absolute Gasteiger partial charge is 0.359 e. The van der Waals surface area contributed by atoms with Gasteiger partial charge in [-0.15, -0.1) is 0 Å². The van der Waals surface area contributed by atoms with Crippen LogP contribution in [0.4, 0.5) is 11.4 Å². The van der Waals surface area contributed by atoms with E-state index in [1.165, 1.54) is 11.8 Å². The van der Waals surface area contributed by atoms with Crippen molar-refractivity contribution in [2.24, 2.45) is 0 Å². The molecule has 2 fully saturated rings. The summed E-state index contributed by atoms with van der Waals surface area (Å²) in [6.07, 6.45) is 8.04. The normalized spacial score (nSPS) is 26.6. The highest BCUT2D eigenvalue weighted by atomic mass is 32.2. The topological polar surface area (TPSA) is 102 Å². The van der Waals surface area contributed by atoms with Gasteiger partial charge in [0.25, 0.3) is 0 Å². The molecule has 2 aliphatic heterocycles. The summed E-state index contributed by atoms with van der Waals surface area (Å²) in [6.45, 7) is 6.52. The van der Waals surface area contributed by atoms with E-state index in [4.69, 9.17) is 0 Å². The number of hydrogen-bond acceptors (Lipinski definition) is 6. The van der Waals surface area contributed by atoms with Crippen LogP contribution in [0.1, 0.15) is 32.3 Å². The van der Waals surface area contributed by atoms with Gasteiger partial charge in [0.15, 0.2) is 0 Å². The van der Waals surface area contributed by atoms with E-state index in [0.717, 1.165) is 38.0 Å². The van der Waals surface area contributed by atoms with Gasteiger partial charge in [-0.2, -0.15) is 5.10 Å². The van der Waals surface area contributed by atoms with Crippen LogP contribution >= 0.6 is 0 Å². The number of aromatic amines is 1. The van der Waals surface area contributed by atoms with Crippen LogP contribution in [0.3, 0.4) is 0 Å². The van der Waals surface area contributed by atoms with Gasteiger partial charge in [0, 0.05) is 35.7 Å². The highest BCUT2D eigenvalue weighted by Gasteiger charge is 2.50. The lowest BCUT2D eigenvalue weighted by atomic mass is 9.74. The fourth-order valence-electron chi connectivity index (χ4n) is 5.21. The summed E-state index contributed by atoms with van der Waals surface area (Å²) in [7, 11) is -3.30. The van der Waals surface area contributed by atoms with Gasteiger partial charge in [0.2, 0.25) is 10.0 Å². The molecule has 0 saturated carbocycles. The van der Waals surface area contributed by atoms with E-state index in [-0.39, 0.29) is 11.6 Å². The Labute approximate surface area is 178 Å². The van der Waals surface area contributed by atoms with Gasteiger partial charge < -0.3 is 15.5 Å². The van der Waals surface area contributed by atoms with Crippen LogP contribution in [0, 0.1) is 0 Å². The second-order valence-electron chi connectivity index (χ2n) is 8.70. The van der Waals surface area contributed by atoms with Gasteiger partial charge in [-0.1, -0.05) is 0 Å². The maximum Gasteiger partial charge on any atom is 0.229 e. The quantitative estimate of drug-likeness (QED) is 0.574. The molecule has 164 valence electrons. The molecule has 1 spiro atoms. The second kappa shape index (κ2) is 8.20. The number of anilines is 2. The van der Waals surface area contributed by atoms with Crippen LogP contribution in [-0.4, -0.2) is 61.6 Å². The summed E-state index contributed by atoms with van der Waals surface area (Å²) in [5.74, 6) is 0. The molecule has 2 aliphatic rings. The third-order valence-electron chi connectivity index (χ3n) is 6.63. The Kier molecular flexibility index (Phi) is 5.78. The molecule has 3 atom stereocenters. The average Bonchev–Trinajstić information content (AvgIpc) is 3.20. The highest BCUT2D eigenvalue weighted by Crippen LogP contribution is 2.41. The predicted molar refractivity (Wildman–Crippen MR) is 120 cm³/mol. The molecule has 2 aromatic rings. The van der Waals surface area contributed by atoms with Gasteiger partial charge >= 0.3 is 0 Å². The van der Waals surface area contributed by atoms with Crippen molar-refractivity contribution in [2.45, 2.75) is 56.8 Å². The van der Waals surface area contributed by atoms with Gasteiger partial charge in [-0.05, 0) is 76.0 Å². The Morgan fingerprint density at radius 2 is 1.90 bits per heavy atom. The van der Waals surface area contributed by atoms with Crippen LogP contribution in [0.2, 0.25) is 0 Å². The van der Waals surface area contributed by atoms with Crippen molar-refractivity contribution in [3.63, 3.8) is 0 Å². The summed E-state index contributed by atoms with van der Waals surface area (Å²) < 4.78 is 25.8. The number of nitrogens with zero attached hydrogens (tertiary/aromatic N) is 2. The molecule has 0 radical (unpaired) electrons. The van der Waals surface area contributed by atoms with Crippen molar-refractivity contribution in [3.05, 3.63) is 42.2 Å². The minimum atomic E-state index is -3.30. The van der Waals surface area contributed by atoms with Crippen molar-refractivity contribution in [3.8, 4) is 0 Å². The van der Waals surface area contributed by atoms with Gasteiger partial charge in [-0.3, -0.25) is 9.82 Å². The molecule has 1 aromatic heterocycles. The Balaban J connectivity index is 1.73. The first-order chi connectivity index (χ1) is 14.3. The summed E-state index contributed by atoms with van der Waals surface area (Å²) in [6, 6.07) is 8.70. The van der Waals surface area contributed by atoms with Gasteiger partial charge in [0.05, 0.1) is 18.0 Å². The molecule has 2 saturated heterocycles. The zero-order valence-corrected chi connectivity index (χ0v) is 18.7. The number of aromatic nitrogens is 2. The van der Waals surface area contributed by atoms with E-state index in [0.29, 0.717) is 17.8 Å². The number of nitrogens with one attached hydrogen (secondary N) is 4. The number of H-pyrrole nitrogens is 1. The Morgan fingerprint density at radius 3 is 2.50 bits per heavy atom. The lowest BCUT2D eigenvalue weighted by molar-refractivity contribution is 0.144. The first-order valence-electron chi connectivity index (χ1n) is 10.6. The molecule has 4 N–H and O–H groups in total. The van der Waals surface area contributed by atoms with Gasteiger partial charge in [-0.25, -0.2) is 8.42 Å². The summed E-state index contributed by atoms with van der Waals surface area (Å²) in [5.41, 5.74) is 2.90. The number of hydrogen-bond donors (Lipinski definition) is 4. The van der Waals surface area contributed by atoms with Gasteiger partial charge in [0.1, 0.15) is 0 Å². The molecule has 0 bridgehead atoms. The maximum atomic E-state index is 11.6. The van der Waals surface area contributed by atoms with Crippen molar-refractivity contribution < 1.29 is 8.42 Å². The van der Waals surface area contributed by atoms with Crippen LogP contribution in [0.25, 0.3) is 0 Å². The number of rotatable bonds is 5. The van der Waals surface area contributed by atoms with Crippen LogP contribution in [-0.2, 0) is 16.4 Å². The van der Waals surface area contributed by atoms with Crippen molar-refractivity contribution in [1.82, 2.24) is 20.8 Å². The molecular weight excluding hydrogens is 400 g/mol. The van der Waals surface area contributed by atoms with Crippen LogP contribution in [0.5, 0.6) is 0 Å². The first-order valence-corrected chi connectivity index (χ1v) is 12.5. The molecule has 9 heteroatoms. The average molecular weight is 433 g/mol. The van der Waals surface area contributed by atoms with Crippen molar-refractivity contribution in [2.75, 3.05) is 29.0 Å². The molecule has 0 amide bonds. The smallest absolute Gasteiger partial charge is 0.229 e. The molecule has 4 rings (SSSR count). The second-order valence-corrected chi connectivity index (χ2v) is 10.4. The molecule has 3 heterocycles. The van der Waals surface area contributed by atoms with E-state index >= 15 is 0 Å². The van der Waals surface area contributed by atoms with E-state index in [9.17, 15) is 8.42 Å². The fraction of sp³-hybridized carbons (Fsp3) is 0.571. The SMILES string of the molecule is CC1NC(C)C2(CCNCC2)N(c2ccc(NS(C)(=O)=O)cc2)C1Cc1cn[nH]c1. The Bertz CT molecular complexity index is 938. The van der Waals surface area contributed by atoms with E-state index < -0.39 is 10.0 Å². The standard InChI is InChI=1S/C21H32N6O2S/c1-15-20(12-17-13-23-24-14-17)27(21(16(2)25-15)8-10-22-11-9-21)19-6-4-18(5-7-19)26-30(3,28)29/h4-7,13-16,20,22,25-26H,8-12H2,1-3H3,(H,23,24). The van der Waals surface area contributed by atoms with Crippen LogP contribution < -0.4 is 20.3 Å².